The smallest absolute Gasteiger partial charge is 0.0462 e. The first-order valence-electron chi connectivity index (χ1n) is 4.17. The third-order valence-corrected chi connectivity index (χ3v) is 3.29. The molecule has 0 aliphatic heterocycles. The average Bonchev–Trinajstić information content (AvgIpc) is 2.44. The van der Waals surface area contributed by atoms with Crippen molar-refractivity contribution in [2.45, 2.75) is 25.3 Å². The summed E-state index contributed by atoms with van der Waals surface area (Å²) in [7, 11) is 0. The van der Waals surface area contributed by atoms with Crippen molar-refractivity contribution in [3.63, 3.8) is 0 Å². The Hall–Kier alpha value is -0.0800. The summed E-state index contributed by atoms with van der Waals surface area (Å²) in [6.07, 6.45) is 3.63. The van der Waals surface area contributed by atoms with Crippen LogP contribution in [-0.2, 0) is 0 Å². The van der Waals surface area contributed by atoms with Crippen LogP contribution in [0.25, 0.3) is 0 Å². The van der Waals surface area contributed by atoms with Crippen LogP contribution in [0, 0.1) is 17.8 Å². The summed E-state index contributed by atoms with van der Waals surface area (Å²) in [5.74, 6) is 2.08. The lowest BCUT2D eigenvalue weighted by molar-refractivity contribution is 0.171. The van der Waals surface area contributed by atoms with Crippen LogP contribution in [0.15, 0.2) is 0 Å². The molecule has 0 aromatic carbocycles. The number of hydrogen-bond donors (Lipinski definition) is 2. The second-order valence-electron chi connectivity index (χ2n) is 3.83. The third kappa shape index (κ3) is 0.789. The largest absolute Gasteiger partial charge is 0.396 e. The molecule has 10 heavy (non-hydrogen) atoms. The zero-order valence-corrected chi connectivity index (χ0v) is 6.16. The standard InChI is InChI=1S/C8H15NO/c9-8-3-5-1-6(8)2-7(5)4-10/h5-8,10H,1-4,9H2. The molecule has 0 spiro atoms. The van der Waals surface area contributed by atoms with Gasteiger partial charge in [0.25, 0.3) is 0 Å². The highest BCUT2D eigenvalue weighted by Gasteiger charge is 2.43. The molecule has 2 heteroatoms. The number of hydrogen-bond acceptors (Lipinski definition) is 2. The van der Waals surface area contributed by atoms with Crippen molar-refractivity contribution >= 4 is 0 Å². The summed E-state index contributed by atoms with van der Waals surface area (Å²) in [4.78, 5) is 0. The summed E-state index contributed by atoms with van der Waals surface area (Å²) in [5.41, 5.74) is 5.86. The minimum absolute atomic E-state index is 0.383. The minimum Gasteiger partial charge on any atom is -0.396 e. The molecule has 0 radical (unpaired) electrons. The molecule has 0 aromatic heterocycles. The zero-order chi connectivity index (χ0) is 7.14. The fourth-order valence-corrected chi connectivity index (χ4v) is 2.66. The molecule has 0 amide bonds. The molecule has 58 valence electrons. The van der Waals surface area contributed by atoms with Crippen molar-refractivity contribution in [1.82, 2.24) is 0 Å². The third-order valence-electron chi connectivity index (χ3n) is 3.29. The van der Waals surface area contributed by atoms with Crippen molar-refractivity contribution in [1.29, 1.82) is 0 Å². The van der Waals surface area contributed by atoms with E-state index in [0.717, 1.165) is 18.3 Å². The van der Waals surface area contributed by atoms with Crippen LogP contribution < -0.4 is 5.73 Å². The Morgan fingerprint density at radius 3 is 2.40 bits per heavy atom. The van der Waals surface area contributed by atoms with E-state index in [1.54, 1.807) is 0 Å². The second kappa shape index (κ2) is 2.21. The lowest BCUT2D eigenvalue weighted by Crippen LogP contribution is -2.30. The topological polar surface area (TPSA) is 46.2 Å². The fourth-order valence-electron chi connectivity index (χ4n) is 2.66. The monoisotopic (exact) mass is 141 g/mol. The Labute approximate surface area is 61.4 Å². The van der Waals surface area contributed by atoms with Gasteiger partial charge in [-0.05, 0) is 37.0 Å². The lowest BCUT2D eigenvalue weighted by Gasteiger charge is -2.23. The molecule has 2 nitrogen and oxygen atoms in total. The first-order chi connectivity index (χ1) is 4.81. The highest BCUT2D eigenvalue weighted by molar-refractivity contribution is 4.96. The molecule has 0 heterocycles. The maximum atomic E-state index is 8.93. The Balaban J connectivity index is 2.02. The van der Waals surface area contributed by atoms with Crippen LogP contribution in [0.2, 0.25) is 0 Å². The van der Waals surface area contributed by atoms with Crippen molar-refractivity contribution in [3.8, 4) is 0 Å². The van der Waals surface area contributed by atoms with Gasteiger partial charge in [-0.25, -0.2) is 0 Å². The molecule has 2 bridgehead atoms. The molecule has 0 saturated heterocycles. The maximum Gasteiger partial charge on any atom is 0.0462 e. The Morgan fingerprint density at radius 2 is 2.00 bits per heavy atom. The molecular weight excluding hydrogens is 126 g/mol. The lowest BCUT2D eigenvalue weighted by atomic mass is 9.87. The van der Waals surface area contributed by atoms with Crippen molar-refractivity contribution in [2.24, 2.45) is 23.5 Å². The van der Waals surface area contributed by atoms with Gasteiger partial charge in [0.05, 0.1) is 0 Å². The SMILES string of the molecule is NC1CC2CC1CC2CO. The molecule has 2 aliphatic rings. The van der Waals surface area contributed by atoms with E-state index < -0.39 is 0 Å². The summed E-state index contributed by atoms with van der Waals surface area (Å²) in [6, 6.07) is 0.452. The predicted molar refractivity (Wildman–Crippen MR) is 39.4 cm³/mol. The highest BCUT2D eigenvalue weighted by atomic mass is 16.3. The van der Waals surface area contributed by atoms with E-state index in [2.05, 4.69) is 0 Å². The predicted octanol–water partition coefficient (Wildman–Crippen LogP) is 0.352. The molecule has 3 N–H and O–H groups in total. The number of nitrogens with two attached hydrogens (primary N) is 1. The molecule has 2 saturated carbocycles. The number of aliphatic hydroxyl groups excluding tert-OH is 1. The van der Waals surface area contributed by atoms with Crippen LogP contribution in [0.4, 0.5) is 0 Å². The van der Waals surface area contributed by atoms with E-state index >= 15 is 0 Å². The molecule has 2 fully saturated rings. The van der Waals surface area contributed by atoms with Gasteiger partial charge in [-0.15, -0.1) is 0 Å². The number of fused-ring (bicyclic) bond motifs is 2. The van der Waals surface area contributed by atoms with Gasteiger partial charge < -0.3 is 10.8 Å². The molecule has 4 unspecified atom stereocenters. The van der Waals surface area contributed by atoms with E-state index in [0.29, 0.717) is 18.6 Å². The second-order valence-corrected chi connectivity index (χ2v) is 3.83. The van der Waals surface area contributed by atoms with E-state index in [-0.39, 0.29) is 0 Å². The normalized spacial score (nSPS) is 52.2. The first-order valence-corrected chi connectivity index (χ1v) is 4.17. The Morgan fingerprint density at radius 1 is 1.20 bits per heavy atom. The van der Waals surface area contributed by atoms with E-state index in [9.17, 15) is 0 Å². The van der Waals surface area contributed by atoms with E-state index in [1.165, 1.54) is 12.8 Å². The summed E-state index contributed by atoms with van der Waals surface area (Å²) in [6.45, 7) is 0.383. The van der Waals surface area contributed by atoms with E-state index in [1.807, 2.05) is 0 Å². The van der Waals surface area contributed by atoms with Crippen LogP contribution in [-0.4, -0.2) is 17.8 Å². The summed E-state index contributed by atoms with van der Waals surface area (Å²) < 4.78 is 0. The molecular formula is C8H15NO. The average molecular weight is 141 g/mol. The van der Waals surface area contributed by atoms with Gasteiger partial charge in [0.15, 0.2) is 0 Å². The summed E-state index contributed by atoms with van der Waals surface area (Å²) in [5, 5.41) is 8.93. The van der Waals surface area contributed by atoms with Crippen LogP contribution >= 0.6 is 0 Å². The molecule has 2 aliphatic carbocycles. The van der Waals surface area contributed by atoms with Gasteiger partial charge >= 0.3 is 0 Å². The first kappa shape index (κ1) is 6.62. The zero-order valence-electron chi connectivity index (χ0n) is 6.16. The number of aliphatic hydroxyl groups is 1. The highest BCUT2D eigenvalue weighted by Crippen LogP contribution is 2.47. The van der Waals surface area contributed by atoms with Gasteiger partial charge in [-0.3, -0.25) is 0 Å². The van der Waals surface area contributed by atoms with E-state index in [4.69, 9.17) is 10.8 Å². The van der Waals surface area contributed by atoms with Crippen LogP contribution in [0.5, 0.6) is 0 Å². The van der Waals surface area contributed by atoms with Crippen LogP contribution in [0.1, 0.15) is 19.3 Å². The van der Waals surface area contributed by atoms with Crippen molar-refractivity contribution in [2.75, 3.05) is 6.61 Å². The Bertz CT molecular complexity index is 135. The summed E-state index contributed by atoms with van der Waals surface area (Å²) >= 11 is 0. The van der Waals surface area contributed by atoms with Gasteiger partial charge in [0.2, 0.25) is 0 Å². The molecule has 2 rings (SSSR count). The maximum absolute atomic E-state index is 8.93. The van der Waals surface area contributed by atoms with Crippen LogP contribution in [0.3, 0.4) is 0 Å². The van der Waals surface area contributed by atoms with Gasteiger partial charge in [0, 0.05) is 12.6 Å². The van der Waals surface area contributed by atoms with Crippen molar-refractivity contribution < 1.29 is 5.11 Å². The molecule has 0 aromatic rings. The quantitative estimate of drug-likeness (QED) is 0.553. The molecule has 4 atom stereocenters. The fraction of sp³-hybridized carbons (Fsp3) is 1.00. The van der Waals surface area contributed by atoms with Gasteiger partial charge in [-0.1, -0.05) is 0 Å². The van der Waals surface area contributed by atoms with Crippen molar-refractivity contribution in [3.05, 3.63) is 0 Å². The Kier molecular flexibility index (Phi) is 1.46. The number of rotatable bonds is 1. The van der Waals surface area contributed by atoms with Gasteiger partial charge in [0.1, 0.15) is 0 Å². The minimum atomic E-state index is 0.383. The van der Waals surface area contributed by atoms with Gasteiger partial charge in [-0.2, -0.15) is 0 Å².